The molecule has 0 unspecified atom stereocenters. The summed E-state index contributed by atoms with van der Waals surface area (Å²) >= 11 is 1.44. The number of carbonyl (C=O) groups is 1. The smallest absolute Gasteiger partial charge is 0.226 e. The molecule has 1 N–H and O–H groups in total. The molecule has 0 saturated carbocycles. The van der Waals surface area contributed by atoms with Crippen molar-refractivity contribution >= 4 is 32.6 Å². The number of hydrogen-bond donors (Lipinski definition) is 1. The van der Waals surface area contributed by atoms with Crippen LogP contribution in [-0.4, -0.2) is 22.7 Å². The number of aromatic nitrogens is 2. The second kappa shape index (κ2) is 7.00. The molecule has 126 valence electrons. The first-order valence-electron chi connectivity index (χ1n) is 7.81. The van der Waals surface area contributed by atoms with Gasteiger partial charge in [0.1, 0.15) is 11.5 Å². The van der Waals surface area contributed by atoms with Crippen LogP contribution in [0.15, 0.2) is 22.7 Å². The molecule has 3 aromatic rings. The molecule has 2 aromatic heterocycles. The zero-order valence-electron chi connectivity index (χ0n) is 13.9. The number of ether oxygens (including phenoxy) is 1. The van der Waals surface area contributed by atoms with Crippen LogP contribution in [0.4, 0.5) is 5.13 Å². The van der Waals surface area contributed by atoms with Gasteiger partial charge in [0, 0.05) is 12.0 Å². The van der Waals surface area contributed by atoms with E-state index in [0.717, 1.165) is 33.0 Å². The maximum Gasteiger partial charge on any atom is 0.226 e. The molecule has 6 nitrogen and oxygen atoms in total. The van der Waals surface area contributed by atoms with Crippen molar-refractivity contribution in [2.75, 3.05) is 11.9 Å². The SMILES string of the molecule is CCOc1ccc2nc(NC(=O)CCc3c(C)noc3C)sc2c1. The number of fused-ring (bicyclic) bond motifs is 1. The molecule has 7 heteroatoms. The zero-order valence-corrected chi connectivity index (χ0v) is 14.7. The van der Waals surface area contributed by atoms with Crippen LogP contribution in [0.3, 0.4) is 0 Å². The summed E-state index contributed by atoms with van der Waals surface area (Å²) in [5.74, 6) is 1.51. The number of amides is 1. The molecule has 0 radical (unpaired) electrons. The molecule has 0 fully saturated rings. The number of carbonyl (C=O) groups excluding carboxylic acids is 1. The quantitative estimate of drug-likeness (QED) is 0.734. The standard InChI is InChI=1S/C17H19N3O3S/c1-4-22-12-5-7-14-15(9-12)24-17(18-14)19-16(21)8-6-13-10(2)20-23-11(13)3/h5,7,9H,4,6,8H2,1-3H3,(H,18,19,21). The highest BCUT2D eigenvalue weighted by Gasteiger charge is 2.13. The molecule has 1 amide bonds. The molecule has 1 aromatic carbocycles. The fraction of sp³-hybridized carbons (Fsp3) is 0.353. The fourth-order valence-corrected chi connectivity index (χ4v) is 3.40. The molecular weight excluding hydrogens is 326 g/mol. The van der Waals surface area contributed by atoms with Gasteiger partial charge in [-0.15, -0.1) is 0 Å². The molecule has 0 saturated heterocycles. The highest BCUT2D eigenvalue weighted by molar-refractivity contribution is 7.22. The average molecular weight is 345 g/mol. The van der Waals surface area contributed by atoms with E-state index in [1.54, 1.807) is 0 Å². The number of nitrogens with one attached hydrogen (secondary N) is 1. The van der Waals surface area contributed by atoms with Gasteiger partial charge in [-0.05, 0) is 45.4 Å². The Morgan fingerprint density at radius 2 is 2.21 bits per heavy atom. The van der Waals surface area contributed by atoms with Crippen LogP contribution >= 0.6 is 11.3 Å². The molecule has 2 heterocycles. The minimum absolute atomic E-state index is 0.0703. The van der Waals surface area contributed by atoms with Gasteiger partial charge in [-0.25, -0.2) is 4.98 Å². The van der Waals surface area contributed by atoms with Gasteiger partial charge in [0.15, 0.2) is 5.13 Å². The lowest BCUT2D eigenvalue weighted by atomic mass is 10.1. The van der Waals surface area contributed by atoms with E-state index in [-0.39, 0.29) is 5.91 Å². The normalized spacial score (nSPS) is 11.0. The van der Waals surface area contributed by atoms with Crippen LogP contribution < -0.4 is 10.1 Å². The van der Waals surface area contributed by atoms with Gasteiger partial charge in [0.2, 0.25) is 5.91 Å². The molecule has 0 atom stereocenters. The summed E-state index contributed by atoms with van der Waals surface area (Å²) in [5.41, 5.74) is 2.68. The first kappa shape index (κ1) is 16.4. The molecular formula is C17H19N3O3S. The third-order valence-corrected chi connectivity index (χ3v) is 4.63. The van der Waals surface area contributed by atoms with Gasteiger partial charge in [0.25, 0.3) is 0 Å². The van der Waals surface area contributed by atoms with E-state index in [9.17, 15) is 4.79 Å². The molecule has 0 aliphatic carbocycles. The minimum atomic E-state index is -0.0703. The topological polar surface area (TPSA) is 77.2 Å². The maximum absolute atomic E-state index is 12.2. The predicted molar refractivity (Wildman–Crippen MR) is 93.7 cm³/mol. The summed E-state index contributed by atoms with van der Waals surface area (Å²) < 4.78 is 11.6. The number of rotatable bonds is 6. The summed E-state index contributed by atoms with van der Waals surface area (Å²) in [6.45, 7) is 6.31. The van der Waals surface area contributed by atoms with Gasteiger partial charge < -0.3 is 14.6 Å². The highest BCUT2D eigenvalue weighted by atomic mass is 32.1. The third kappa shape index (κ3) is 3.56. The Bertz CT molecular complexity index is 850. The van der Waals surface area contributed by atoms with Gasteiger partial charge >= 0.3 is 0 Å². The van der Waals surface area contributed by atoms with Crippen molar-refractivity contribution in [3.8, 4) is 5.75 Å². The van der Waals surface area contributed by atoms with Crippen LogP contribution in [0.2, 0.25) is 0 Å². The summed E-state index contributed by atoms with van der Waals surface area (Å²) in [7, 11) is 0. The van der Waals surface area contributed by atoms with E-state index in [0.29, 0.717) is 24.6 Å². The summed E-state index contributed by atoms with van der Waals surface area (Å²) in [6, 6.07) is 5.72. The zero-order chi connectivity index (χ0) is 17.1. The van der Waals surface area contributed by atoms with Gasteiger partial charge in [-0.1, -0.05) is 16.5 Å². The Morgan fingerprint density at radius 1 is 1.38 bits per heavy atom. The van der Waals surface area contributed by atoms with E-state index in [1.807, 2.05) is 39.0 Å². The average Bonchev–Trinajstić information content (AvgIpc) is 3.08. The highest BCUT2D eigenvalue weighted by Crippen LogP contribution is 2.29. The predicted octanol–water partition coefficient (Wildman–Crippen LogP) is 3.87. The van der Waals surface area contributed by atoms with Crippen molar-refractivity contribution in [2.45, 2.75) is 33.6 Å². The van der Waals surface area contributed by atoms with E-state index in [4.69, 9.17) is 9.26 Å². The molecule has 24 heavy (non-hydrogen) atoms. The second-order valence-corrected chi connectivity index (χ2v) is 6.46. The van der Waals surface area contributed by atoms with Crippen molar-refractivity contribution in [3.05, 3.63) is 35.2 Å². The van der Waals surface area contributed by atoms with Gasteiger partial charge in [0.05, 0.1) is 22.5 Å². The van der Waals surface area contributed by atoms with Crippen LogP contribution in [0.5, 0.6) is 5.75 Å². The number of nitrogens with zero attached hydrogens (tertiary/aromatic N) is 2. The largest absolute Gasteiger partial charge is 0.494 e. The first-order valence-corrected chi connectivity index (χ1v) is 8.63. The monoisotopic (exact) mass is 345 g/mol. The molecule has 0 aliphatic rings. The molecule has 0 aliphatic heterocycles. The number of thiazole rings is 1. The van der Waals surface area contributed by atoms with Gasteiger partial charge in [-0.2, -0.15) is 0 Å². The Kier molecular flexibility index (Phi) is 4.80. The summed E-state index contributed by atoms with van der Waals surface area (Å²) in [5, 5.41) is 7.36. The molecule has 0 bridgehead atoms. The van der Waals surface area contributed by atoms with Crippen LogP contribution in [0, 0.1) is 13.8 Å². The van der Waals surface area contributed by atoms with Crippen molar-refractivity contribution in [1.82, 2.24) is 10.1 Å². The van der Waals surface area contributed by atoms with Crippen LogP contribution in [0.25, 0.3) is 10.2 Å². The lowest BCUT2D eigenvalue weighted by Crippen LogP contribution is -2.12. The lowest BCUT2D eigenvalue weighted by Gasteiger charge is -2.01. The lowest BCUT2D eigenvalue weighted by molar-refractivity contribution is -0.116. The maximum atomic E-state index is 12.2. The van der Waals surface area contributed by atoms with Crippen molar-refractivity contribution in [3.63, 3.8) is 0 Å². The van der Waals surface area contributed by atoms with Crippen LogP contribution in [-0.2, 0) is 11.2 Å². The third-order valence-electron chi connectivity index (χ3n) is 3.70. The van der Waals surface area contributed by atoms with Gasteiger partial charge in [-0.3, -0.25) is 4.79 Å². The van der Waals surface area contributed by atoms with Crippen molar-refractivity contribution in [1.29, 1.82) is 0 Å². The minimum Gasteiger partial charge on any atom is -0.494 e. The second-order valence-electron chi connectivity index (χ2n) is 5.43. The molecule has 3 rings (SSSR count). The number of aryl methyl sites for hydroxylation is 2. The number of anilines is 1. The molecule has 0 spiro atoms. The first-order chi connectivity index (χ1) is 11.6. The van der Waals surface area contributed by atoms with E-state index >= 15 is 0 Å². The van der Waals surface area contributed by atoms with Crippen LogP contribution in [0.1, 0.15) is 30.4 Å². The summed E-state index contributed by atoms with van der Waals surface area (Å²) in [4.78, 5) is 16.6. The Hall–Kier alpha value is -2.41. The van der Waals surface area contributed by atoms with E-state index in [2.05, 4.69) is 15.5 Å². The van der Waals surface area contributed by atoms with Crippen molar-refractivity contribution in [2.24, 2.45) is 0 Å². The number of benzene rings is 1. The Labute approximate surface area is 143 Å². The Balaban J connectivity index is 1.64. The summed E-state index contributed by atoms with van der Waals surface area (Å²) in [6.07, 6.45) is 0.968. The van der Waals surface area contributed by atoms with E-state index in [1.165, 1.54) is 11.3 Å². The van der Waals surface area contributed by atoms with E-state index < -0.39 is 0 Å². The Morgan fingerprint density at radius 3 is 2.92 bits per heavy atom. The van der Waals surface area contributed by atoms with Crippen molar-refractivity contribution < 1.29 is 14.1 Å². The number of hydrogen-bond acceptors (Lipinski definition) is 6. The fourth-order valence-electron chi connectivity index (χ4n) is 2.49.